The lowest BCUT2D eigenvalue weighted by atomic mass is 9.98. The van der Waals surface area contributed by atoms with E-state index >= 15 is 0 Å². The molecular formula is C16H20ClNO6S. The van der Waals surface area contributed by atoms with E-state index in [4.69, 9.17) is 21.1 Å². The Labute approximate surface area is 151 Å². The highest BCUT2D eigenvalue weighted by atomic mass is 35.5. The van der Waals surface area contributed by atoms with Crippen LogP contribution in [0.3, 0.4) is 0 Å². The maximum absolute atomic E-state index is 12.8. The summed E-state index contributed by atoms with van der Waals surface area (Å²) in [5, 5.41) is 0.00693. The number of halogens is 1. The molecule has 2 aliphatic rings. The van der Waals surface area contributed by atoms with Gasteiger partial charge in [-0.25, -0.2) is 13.2 Å². The quantitative estimate of drug-likeness (QED) is 0.731. The zero-order valence-electron chi connectivity index (χ0n) is 13.8. The van der Waals surface area contributed by atoms with Gasteiger partial charge >= 0.3 is 5.97 Å². The summed E-state index contributed by atoms with van der Waals surface area (Å²) in [6.45, 7) is 1.94. The van der Waals surface area contributed by atoms with Gasteiger partial charge in [0.25, 0.3) is 0 Å². The number of carbonyl (C=O) groups is 1. The minimum atomic E-state index is -3.72. The highest BCUT2D eigenvalue weighted by Crippen LogP contribution is 2.31. The Morgan fingerprint density at radius 3 is 2.44 bits per heavy atom. The van der Waals surface area contributed by atoms with E-state index < -0.39 is 16.0 Å². The fraction of sp³-hybridized carbons (Fsp3) is 0.562. The van der Waals surface area contributed by atoms with Crippen LogP contribution in [0.1, 0.15) is 23.2 Å². The summed E-state index contributed by atoms with van der Waals surface area (Å²) < 4.78 is 42.7. The predicted molar refractivity (Wildman–Crippen MR) is 90.0 cm³/mol. The number of esters is 1. The summed E-state index contributed by atoms with van der Waals surface area (Å²) in [7, 11) is -2.47. The molecule has 0 unspecified atom stereocenters. The lowest BCUT2D eigenvalue weighted by Gasteiger charge is -2.33. The van der Waals surface area contributed by atoms with Crippen LogP contribution in [-0.2, 0) is 24.2 Å². The second kappa shape index (κ2) is 7.59. The van der Waals surface area contributed by atoms with Crippen molar-refractivity contribution in [1.29, 1.82) is 0 Å². The molecule has 2 saturated heterocycles. The van der Waals surface area contributed by atoms with Crippen molar-refractivity contribution in [2.45, 2.75) is 24.0 Å². The van der Waals surface area contributed by atoms with Gasteiger partial charge in [0.15, 0.2) is 6.29 Å². The smallest absolute Gasteiger partial charge is 0.337 e. The number of benzene rings is 1. The molecule has 0 aliphatic carbocycles. The van der Waals surface area contributed by atoms with Gasteiger partial charge in [0, 0.05) is 19.0 Å². The molecule has 0 aromatic heterocycles. The lowest BCUT2D eigenvalue weighted by molar-refractivity contribution is -0.0938. The SMILES string of the molecule is COC(=O)c1ccc(S(=O)(=O)N2CCC(C3OCCO3)CC2)c(Cl)c1. The van der Waals surface area contributed by atoms with E-state index in [-0.39, 0.29) is 27.7 Å². The van der Waals surface area contributed by atoms with Crippen LogP contribution >= 0.6 is 11.6 Å². The predicted octanol–water partition coefficient (Wildman–Crippen LogP) is 1.90. The van der Waals surface area contributed by atoms with E-state index in [0.717, 1.165) is 0 Å². The van der Waals surface area contributed by atoms with E-state index in [1.54, 1.807) is 0 Å². The van der Waals surface area contributed by atoms with Crippen molar-refractivity contribution in [3.05, 3.63) is 28.8 Å². The van der Waals surface area contributed by atoms with Crippen LogP contribution < -0.4 is 0 Å². The largest absolute Gasteiger partial charge is 0.465 e. The van der Waals surface area contributed by atoms with E-state index in [9.17, 15) is 13.2 Å². The summed E-state index contributed by atoms with van der Waals surface area (Å²) in [5.41, 5.74) is 0.209. The number of methoxy groups -OCH3 is 1. The van der Waals surface area contributed by atoms with E-state index in [2.05, 4.69) is 4.74 Å². The number of carbonyl (C=O) groups excluding carboxylic acids is 1. The average Bonchev–Trinajstić information content (AvgIpc) is 3.15. The third-order valence-electron chi connectivity index (χ3n) is 4.50. The standard InChI is InChI=1S/C16H20ClNO6S/c1-22-15(19)12-2-3-14(13(17)10-12)25(20,21)18-6-4-11(5-7-18)16-23-8-9-24-16/h2-3,10-11,16H,4-9H2,1H3. The highest BCUT2D eigenvalue weighted by Gasteiger charge is 2.35. The molecule has 0 amide bonds. The minimum absolute atomic E-state index is 0.00589. The molecule has 0 atom stereocenters. The van der Waals surface area contributed by atoms with E-state index in [1.807, 2.05) is 0 Å². The molecule has 0 saturated carbocycles. The zero-order chi connectivity index (χ0) is 18.0. The van der Waals surface area contributed by atoms with Crippen molar-refractivity contribution in [3.8, 4) is 0 Å². The molecular weight excluding hydrogens is 370 g/mol. The van der Waals surface area contributed by atoms with Crippen LogP contribution in [-0.4, -0.2) is 58.4 Å². The number of hydrogen-bond donors (Lipinski definition) is 0. The fourth-order valence-electron chi connectivity index (χ4n) is 3.13. The van der Waals surface area contributed by atoms with Crippen molar-refractivity contribution in [3.63, 3.8) is 0 Å². The summed E-state index contributed by atoms with van der Waals surface area (Å²) in [4.78, 5) is 11.5. The molecule has 2 heterocycles. The van der Waals surface area contributed by atoms with Crippen LogP contribution in [0.4, 0.5) is 0 Å². The van der Waals surface area contributed by atoms with E-state index in [1.165, 1.54) is 29.6 Å². The van der Waals surface area contributed by atoms with Gasteiger partial charge in [-0.15, -0.1) is 0 Å². The Bertz CT molecular complexity index is 739. The summed E-state index contributed by atoms with van der Waals surface area (Å²) >= 11 is 6.11. The van der Waals surface area contributed by atoms with Gasteiger partial charge in [-0.2, -0.15) is 4.31 Å². The minimum Gasteiger partial charge on any atom is -0.465 e. The first kappa shape index (κ1) is 18.6. The fourth-order valence-corrected chi connectivity index (χ4v) is 5.12. The van der Waals surface area contributed by atoms with Gasteiger partial charge in [-0.1, -0.05) is 11.6 Å². The summed E-state index contributed by atoms with van der Waals surface area (Å²) in [5.74, 6) is -0.366. The Balaban J connectivity index is 1.73. The van der Waals surface area contributed by atoms with Crippen molar-refractivity contribution in [2.75, 3.05) is 33.4 Å². The maximum atomic E-state index is 12.8. The van der Waals surface area contributed by atoms with Gasteiger partial charge in [0.2, 0.25) is 10.0 Å². The molecule has 0 bridgehead atoms. The lowest BCUT2D eigenvalue weighted by Crippen LogP contribution is -2.41. The van der Waals surface area contributed by atoms with Gasteiger partial charge in [0.05, 0.1) is 30.9 Å². The number of sulfonamides is 1. The van der Waals surface area contributed by atoms with Crippen LogP contribution in [0.5, 0.6) is 0 Å². The van der Waals surface area contributed by atoms with Crippen molar-refractivity contribution >= 4 is 27.6 Å². The topological polar surface area (TPSA) is 82.1 Å². The molecule has 1 aromatic carbocycles. The summed E-state index contributed by atoms with van der Waals surface area (Å²) in [6.07, 6.45) is 1.11. The Morgan fingerprint density at radius 2 is 1.88 bits per heavy atom. The third kappa shape index (κ3) is 3.83. The molecule has 7 nitrogen and oxygen atoms in total. The van der Waals surface area contributed by atoms with Crippen molar-refractivity contribution in [2.24, 2.45) is 5.92 Å². The molecule has 25 heavy (non-hydrogen) atoms. The highest BCUT2D eigenvalue weighted by molar-refractivity contribution is 7.89. The molecule has 2 aliphatic heterocycles. The van der Waals surface area contributed by atoms with Gasteiger partial charge in [-0.3, -0.25) is 0 Å². The number of nitrogens with zero attached hydrogens (tertiary/aromatic N) is 1. The molecule has 2 fully saturated rings. The van der Waals surface area contributed by atoms with Gasteiger partial charge in [0.1, 0.15) is 4.90 Å². The molecule has 1 aromatic rings. The molecule has 9 heteroatoms. The Hall–Kier alpha value is -1.19. The molecule has 0 radical (unpaired) electrons. The maximum Gasteiger partial charge on any atom is 0.337 e. The van der Waals surface area contributed by atoms with Crippen LogP contribution in [0.2, 0.25) is 5.02 Å². The number of hydrogen-bond acceptors (Lipinski definition) is 6. The zero-order valence-corrected chi connectivity index (χ0v) is 15.4. The Morgan fingerprint density at radius 1 is 1.24 bits per heavy atom. The van der Waals surface area contributed by atoms with E-state index in [0.29, 0.717) is 39.1 Å². The number of ether oxygens (including phenoxy) is 3. The van der Waals surface area contributed by atoms with Gasteiger partial charge < -0.3 is 14.2 Å². The third-order valence-corrected chi connectivity index (χ3v) is 6.88. The second-order valence-electron chi connectivity index (χ2n) is 5.99. The van der Waals surface area contributed by atoms with Crippen LogP contribution in [0.15, 0.2) is 23.1 Å². The number of piperidine rings is 1. The number of rotatable bonds is 4. The molecule has 138 valence electrons. The normalized spacial score (nSPS) is 20.7. The van der Waals surface area contributed by atoms with Crippen LogP contribution in [0.25, 0.3) is 0 Å². The Kier molecular flexibility index (Phi) is 5.65. The monoisotopic (exact) mass is 389 g/mol. The first-order valence-corrected chi connectivity index (χ1v) is 9.86. The molecule has 3 rings (SSSR count). The first-order valence-electron chi connectivity index (χ1n) is 8.04. The summed E-state index contributed by atoms with van der Waals surface area (Å²) in [6, 6.07) is 4.06. The average molecular weight is 390 g/mol. The van der Waals surface area contributed by atoms with Crippen LogP contribution in [0, 0.1) is 5.92 Å². The van der Waals surface area contributed by atoms with Crippen molar-refractivity contribution in [1.82, 2.24) is 4.31 Å². The molecule has 0 N–H and O–H groups in total. The molecule has 0 spiro atoms. The van der Waals surface area contributed by atoms with Gasteiger partial charge in [-0.05, 0) is 31.0 Å². The second-order valence-corrected chi connectivity index (χ2v) is 8.30. The van der Waals surface area contributed by atoms with Crippen molar-refractivity contribution < 1.29 is 27.4 Å². The first-order chi connectivity index (χ1) is 11.9.